The predicted octanol–water partition coefficient (Wildman–Crippen LogP) is 7.57. The van der Waals surface area contributed by atoms with E-state index in [1.54, 1.807) is 0 Å². The summed E-state index contributed by atoms with van der Waals surface area (Å²) in [5, 5.41) is 13.6. The van der Waals surface area contributed by atoms with E-state index in [2.05, 4.69) is 111 Å². The van der Waals surface area contributed by atoms with Crippen LogP contribution in [0.1, 0.15) is 38.8 Å². The summed E-state index contributed by atoms with van der Waals surface area (Å²) < 4.78 is 6.25. The lowest BCUT2D eigenvalue weighted by Gasteiger charge is -2.22. The van der Waals surface area contributed by atoms with Crippen molar-refractivity contribution in [1.82, 2.24) is 10.2 Å². The number of aromatic nitrogens is 2. The largest absolute Gasteiger partial charge is 0.416 e. The molecule has 0 fully saturated rings. The molecule has 0 atom stereocenters. The second kappa shape index (κ2) is 7.35. The van der Waals surface area contributed by atoms with Crippen molar-refractivity contribution in [2.75, 3.05) is 0 Å². The van der Waals surface area contributed by atoms with Crippen LogP contribution in [0, 0.1) is 0 Å². The molecule has 0 aliphatic rings. The summed E-state index contributed by atoms with van der Waals surface area (Å²) in [7, 11) is 0. The Morgan fingerprint density at radius 2 is 1.16 bits per heavy atom. The number of hydrogen-bond acceptors (Lipinski definition) is 3. The van der Waals surface area contributed by atoms with Crippen molar-refractivity contribution in [3.05, 3.63) is 83.9 Å². The van der Waals surface area contributed by atoms with E-state index in [0.717, 1.165) is 28.3 Å². The Morgan fingerprint density at radius 1 is 0.645 bits per heavy atom. The van der Waals surface area contributed by atoms with Crippen LogP contribution in [0.4, 0.5) is 0 Å². The van der Waals surface area contributed by atoms with Crippen LogP contribution in [0.3, 0.4) is 0 Å². The van der Waals surface area contributed by atoms with Gasteiger partial charge in [0.05, 0.1) is 0 Å². The van der Waals surface area contributed by atoms with Gasteiger partial charge in [-0.05, 0) is 56.6 Å². The molecule has 0 aliphatic heterocycles. The van der Waals surface area contributed by atoms with Crippen LogP contribution in [0.2, 0.25) is 0 Å². The van der Waals surface area contributed by atoms with E-state index < -0.39 is 0 Å². The molecule has 5 rings (SSSR count). The molecular weight excluding hydrogens is 380 g/mol. The molecule has 5 aromatic rings. The number of hydrogen-bond donors (Lipinski definition) is 0. The second-order valence-electron chi connectivity index (χ2n) is 9.04. The van der Waals surface area contributed by atoms with E-state index in [4.69, 9.17) is 4.42 Å². The van der Waals surface area contributed by atoms with Gasteiger partial charge in [-0.3, -0.25) is 0 Å². The minimum absolute atomic E-state index is 0.0536. The highest BCUT2D eigenvalue weighted by Crippen LogP contribution is 2.37. The SMILES string of the molecule is CCc1ccc(-c2nnc(-c3ccc(C(C)(C)C)c4ccccc34)o2)c2ccccc12. The van der Waals surface area contributed by atoms with Gasteiger partial charge in [-0.1, -0.05) is 88.4 Å². The van der Waals surface area contributed by atoms with Crippen molar-refractivity contribution in [3.63, 3.8) is 0 Å². The average molecular weight is 407 g/mol. The fourth-order valence-electron chi connectivity index (χ4n) is 4.44. The second-order valence-corrected chi connectivity index (χ2v) is 9.04. The van der Waals surface area contributed by atoms with Gasteiger partial charge in [0.15, 0.2) is 0 Å². The summed E-state index contributed by atoms with van der Waals surface area (Å²) in [5.41, 5.74) is 4.63. The standard InChI is InChI=1S/C28H26N2O/c1-5-18-14-15-23(20-11-7-6-10-19(18)20)26-29-30-27(31-26)24-16-17-25(28(2,3)4)22-13-9-8-12-21(22)24/h6-17H,5H2,1-4H3. The molecule has 4 aromatic carbocycles. The third-order valence-electron chi connectivity index (χ3n) is 6.01. The fourth-order valence-corrected chi connectivity index (χ4v) is 4.44. The lowest BCUT2D eigenvalue weighted by Crippen LogP contribution is -2.11. The van der Waals surface area contributed by atoms with E-state index in [-0.39, 0.29) is 5.41 Å². The van der Waals surface area contributed by atoms with Gasteiger partial charge in [-0.15, -0.1) is 10.2 Å². The minimum atomic E-state index is 0.0536. The third-order valence-corrected chi connectivity index (χ3v) is 6.01. The van der Waals surface area contributed by atoms with Crippen LogP contribution in [-0.2, 0) is 11.8 Å². The molecule has 0 saturated heterocycles. The molecule has 3 heteroatoms. The molecule has 0 aliphatic carbocycles. The molecule has 31 heavy (non-hydrogen) atoms. The molecule has 0 N–H and O–H groups in total. The average Bonchev–Trinajstić information content (AvgIpc) is 3.26. The lowest BCUT2D eigenvalue weighted by molar-refractivity contribution is 0.584. The Balaban J connectivity index is 1.67. The fraction of sp³-hybridized carbons (Fsp3) is 0.214. The molecule has 0 radical (unpaired) electrons. The molecule has 0 saturated carbocycles. The third kappa shape index (κ3) is 3.31. The maximum Gasteiger partial charge on any atom is 0.248 e. The van der Waals surface area contributed by atoms with Crippen LogP contribution in [-0.4, -0.2) is 10.2 Å². The molecule has 3 nitrogen and oxygen atoms in total. The van der Waals surface area contributed by atoms with Gasteiger partial charge in [0, 0.05) is 11.1 Å². The first-order chi connectivity index (χ1) is 15.0. The monoisotopic (exact) mass is 406 g/mol. The number of aryl methyl sites for hydroxylation is 1. The van der Waals surface area contributed by atoms with E-state index in [0.29, 0.717) is 11.8 Å². The highest BCUT2D eigenvalue weighted by atomic mass is 16.4. The molecule has 0 spiro atoms. The van der Waals surface area contributed by atoms with Gasteiger partial charge >= 0.3 is 0 Å². The number of rotatable bonds is 3. The van der Waals surface area contributed by atoms with Gasteiger partial charge in [0.1, 0.15) is 0 Å². The van der Waals surface area contributed by atoms with Gasteiger partial charge in [0.2, 0.25) is 11.8 Å². The molecule has 0 bridgehead atoms. The molecule has 154 valence electrons. The summed E-state index contributed by atoms with van der Waals surface area (Å²) >= 11 is 0. The summed E-state index contributed by atoms with van der Waals surface area (Å²) in [6, 6.07) is 25.4. The van der Waals surface area contributed by atoms with Crippen LogP contribution in [0.15, 0.2) is 77.2 Å². The van der Waals surface area contributed by atoms with Crippen molar-refractivity contribution in [2.45, 2.75) is 39.5 Å². The van der Waals surface area contributed by atoms with Crippen molar-refractivity contribution in [3.8, 4) is 22.9 Å². The maximum atomic E-state index is 6.25. The summed E-state index contributed by atoms with van der Waals surface area (Å²) in [4.78, 5) is 0. The maximum absolute atomic E-state index is 6.25. The Morgan fingerprint density at radius 3 is 1.74 bits per heavy atom. The number of benzene rings is 4. The normalized spacial score (nSPS) is 12.0. The van der Waals surface area contributed by atoms with Crippen molar-refractivity contribution in [2.24, 2.45) is 0 Å². The van der Waals surface area contributed by atoms with Gasteiger partial charge in [0.25, 0.3) is 0 Å². The molecule has 0 unspecified atom stereocenters. The van der Waals surface area contributed by atoms with E-state index in [1.807, 2.05) is 0 Å². The minimum Gasteiger partial charge on any atom is -0.416 e. The topological polar surface area (TPSA) is 38.9 Å². The van der Waals surface area contributed by atoms with E-state index in [1.165, 1.54) is 21.9 Å². The Bertz CT molecular complexity index is 1410. The zero-order valence-corrected chi connectivity index (χ0v) is 18.4. The summed E-state index contributed by atoms with van der Waals surface area (Å²) in [5.74, 6) is 1.10. The van der Waals surface area contributed by atoms with Crippen LogP contribution in [0.25, 0.3) is 44.5 Å². The van der Waals surface area contributed by atoms with E-state index >= 15 is 0 Å². The van der Waals surface area contributed by atoms with Crippen LogP contribution in [0.5, 0.6) is 0 Å². The lowest BCUT2D eigenvalue weighted by atomic mass is 9.82. The zero-order valence-electron chi connectivity index (χ0n) is 18.4. The first kappa shape index (κ1) is 19.5. The van der Waals surface area contributed by atoms with Crippen molar-refractivity contribution < 1.29 is 4.42 Å². The van der Waals surface area contributed by atoms with E-state index in [9.17, 15) is 0 Å². The first-order valence-electron chi connectivity index (χ1n) is 10.8. The quantitative estimate of drug-likeness (QED) is 0.310. The van der Waals surface area contributed by atoms with Crippen molar-refractivity contribution in [1.29, 1.82) is 0 Å². The van der Waals surface area contributed by atoms with Crippen LogP contribution < -0.4 is 0 Å². The highest BCUT2D eigenvalue weighted by Gasteiger charge is 2.21. The Hall–Kier alpha value is -3.46. The van der Waals surface area contributed by atoms with Gasteiger partial charge in [-0.2, -0.15) is 0 Å². The molecule has 1 heterocycles. The summed E-state index contributed by atoms with van der Waals surface area (Å²) in [6.45, 7) is 8.90. The number of nitrogens with zero attached hydrogens (tertiary/aromatic N) is 2. The highest BCUT2D eigenvalue weighted by molar-refractivity contribution is 5.99. The smallest absolute Gasteiger partial charge is 0.248 e. The molecule has 0 amide bonds. The predicted molar refractivity (Wildman–Crippen MR) is 128 cm³/mol. The van der Waals surface area contributed by atoms with Crippen molar-refractivity contribution >= 4 is 21.5 Å². The van der Waals surface area contributed by atoms with Gasteiger partial charge < -0.3 is 4.42 Å². The summed E-state index contributed by atoms with van der Waals surface area (Å²) in [6.07, 6.45) is 0.988. The zero-order chi connectivity index (χ0) is 21.6. The van der Waals surface area contributed by atoms with Crippen LogP contribution >= 0.6 is 0 Å². The Labute approximate surface area is 182 Å². The molecular formula is C28H26N2O. The Kier molecular flexibility index (Phi) is 4.62. The molecule has 1 aromatic heterocycles. The van der Waals surface area contributed by atoms with Gasteiger partial charge in [-0.25, -0.2) is 0 Å². The first-order valence-corrected chi connectivity index (χ1v) is 10.8. The number of fused-ring (bicyclic) bond motifs is 2.